The van der Waals surface area contributed by atoms with Crippen LogP contribution in [0.25, 0.3) is 0 Å². The first-order valence-electron chi connectivity index (χ1n) is 5.91. The Bertz CT molecular complexity index is 528. The molecule has 0 spiro atoms. The third-order valence-electron chi connectivity index (χ3n) is 2.66. The Morgan fingerprint density at radius 2 is 2.11 bits per heavy atom. The summed E-state index contributed by atoms with van der Waals surface area (Å²) in [5, 5.41) is 0. The summed E-state index contributed by atoms with van der Waals surface area (Å²) in [5.74, 6) is -0.253. The molecule has 1 aromatic rings. The van der Waals surface area contributed by atoms with Gasteiger partial charge in [-0.1, -0.05) is 4.40 Å². The quantitative estimate of drug-likeness (QED) is 0.728. The highest BCUT2D eigenvalue weighted by Gasteiger charge is 2.30. The lowest BCUT2D eigenvalue weighted by Crippen LogP contribution is -2.28. The van der Waals surface area contributed by atoms with Crippen molar-refractivity contribution in [2.45, 2.75) is 31.9 Å². The van der Waals surface area contributed by atoms with Gasteiger partial charge in [0.1, 0.15) is 21.8 Å². The standard InChI is InChI=1S/C13H15BrFNO2S/c1-13(2,3)19(17)16-10-6-7-18-12-8(10)4-5-9(14)11(12)15/h4-5H,6-7H2,1-3H3/b16-10+. The number of rotatable bonds is 1. The second-order valence-electron chi connectivity index (χ2n) is 5.24. The second kappa shape index (κ2) is 5.42. The molecule has 0 radical (unpaired) electrons. The minimum Gasteiger partial charge on any atom is -0.591 e. The Morgan fingerprint density at radius 1 is 1.42 bits per heavy atom. The molecule has 0 saturated carbocycles. The molecular formula is C13H15BrFNO2S. The smallest absolute Gasteiger partial charge is 0.179 e. The molecule has 6 heteroatoms. The van der Waals surface area contributed by atoms with Gasteiger partial charge in [-0.2, -0.15) is 0 Å². The lowest BCUT2D eigenvalue weighted by Gasteiger charge is -2.23. The Hall–Kier alpha value is -0.590. The van der Waals surface area contributed by atoms with Gasteiger partial charge in [0.15, 0.2) is 11.6 Å². The molecule has 19 heavy (non-hydrogen) atoms. The van der Waals surface area contributed by atoms with E-state index in [0.29, 0.717) is 28.8 Å². The van der Waals surface area contributed by atoms with Crippen molar-refractivity contribution < 1.29 is 13.7 Å². The summed E-state index contributed by atoms with van der Waals surface area (Å²) in [6.07, 6.45) is 0.538. The Balaban J connectivity index is 2.44. The number of halogens is 2. The van der Waals surface area contributed by atoms with Gasteiger partial charge >= 0.3 is 0 Å². The summed E-state index contributed by atoms with van der Waals surface area (Å²) in [5.41, 5.74) is 1.23. The van der Waals surface area contributed by atoms with Crippen molar-refractivity contribution in [2.75, 3.05) is 6.61 Å². The fraction of sp³-hybridized carbons (Fsp3) is 0.462. The minimum absolute atomic E-state index is 0.185. The first kappa shape index (κ1) is 14.8. The van der Waals surface area contributed by atoms with Gasteiger partial charge in [0.2, 0.25) is 0 Å². The number of hydrogen-bond donors (Lipinski definition) is 0. The van der Waals surface area contributed by atoms with Crippen LogP contribution >= 0.6 is 15.9 Å². The van der Waals surface area contributed by atoms with Crippen LogP contribution in [0.4, 0.5) is 4.39 Å². The number of nitrogens with zero attached hydrogens (tertiary/aromatic N) is 1. The van der Waals surface area contributed by atoms with Crippen LogP contribution in [0, 0.1) is 5.82 Å². The van der Waals surface area contributed by atoms with Gasteiger partial charge in [-0.15, -0.1) is 0 Å². The molecule has 0 aromatic heterocycles. The maximum atomic E-state index is 13.9. The Labute approximate surface area is 123 Å². The van der Waals surface area contributed by atoms with Crippen LogP contribution in [0.5, 0.6) is 5.75 Å². The van der Waals surface area contributed by atoms with Gasteiger partial charge < -0.3 is 9.29 Å². The first-order valence-corrected chi connectivity index (χ1v) is 7.81. The number of fused-ring (bicyclic) bond motifs is 1. The van der Waals surface area contributed by atoms with Gasteiger partial charge in [0, 0.05) is 12.0 Å². The monoisotopic (exact) mass is 347 g/mol. The summed E-state index contributed by atoms with van der Waals surface area (Å²) in [7, 11) is 0. The van der Waals surface area contributed by atoms with Crippen LogP contribution in [0.3, 0.4) is 0 Å². The molecule has 0 N–H and O–H groups in total. The van der Waals surface area contributed by atoms with E-state index >= 15 is 0 Å². The molecule has 0 aliphatic carbocycles. The van der Waals surface area contributed by atoms with E-state index in [9.17, 15) is 8.94 Å². The van der Waals surface area contributed by atoms with E-state index in [1.54, 1.807) is 12.1 Å². The van der Waals surface area contributed by atoms with E-state index in [0.717, 1.165) is 0 Å². The normalized spacial score (nSPS) is 18.9. The molecule has 0 amide bonds. The van der Waals surface area contributed by atoms with E-state index < -0.39 is 21.9 Å². The van der Waals surface area contributed by atoms with Crippen molar-refractivity contribution in [3.8, 4) is 5.75 Å². The fourth-order valence-corrected chi connectivity index (χ4v) is 2.59. The zero-order valence-corrected chi connectivity index (χ0v) is 13.4. The zero-order valence-electron chi connectivity index (χ0n) is 11.0. The van der Waals surface area contributed by atoms with Crippen molar-refractivity contribution in [3.05, 3.63) is 28.0 Å². The molecule has 1 heterocycles. The van der Waals surface area contributed by atoms with E-state index in [4.69, 9.17) is 4.74 Å². The highest BCUT2D eigenvalue weighted by atomic mass is 79.9. The summed E-state index contributed by atoms with van der Waals surface area (Å²) < 4.78 is 35.5. The van der Waals surface area contributed by atoms with Gasteiger partial charge in [-0.05, 0) is 48.8 Å². The molecule has 104 valence electrons. The van der Waals surface area contributed by atoms with E-state index in [-0.39, 0.29) is 5.75 Å². The van der Waals surface area contributed by atoms with Crippen molar-refractivity contribution in [1.29, 1.82) is 0 Å². The Morgan fingerprint density at radius 3 is 2.74 bits per heavy atom. The van der Waals surface area contributed by atoms with Gasteiger partial charge in [-0.3, -0.25) is 0 Å². The molecule has 1 aromatic carbocycles. The summed E-state index contributed by atoms with van der Waals surface area (Å²) in [6.45, 7) is 5.92. The number of benzene rings is 1. The Kier molecular flexibility index (Phi) is 4.23. The molecule has 2 rings (SSSR count). The van der Waals surface area contributed by atoms with Crippen molar-refractivity contribution >= 4 is 33.0 Å². The van der Waals surface area contributed by atoms with E-state index in [2.05, 4.69) is 20.3 Å². The van der Waals surface area contributed by atoms with Gasteiger partial charge in [-0.25, -0.2) is 4.39 Å². The summed E-state index contributed by atoms with van der Waals surface area (Å²) in [4.78, 5) is 0. The predicted octanol–water partition coefficient (Wildman–Crippen LogP) is 3.62. The molecule has 1 atom stereocenters. The molecule has 0 fully saturated rings. The third-order valence-corrected chi connectivity index (χ3v) is 4.71. The van der Waals surface area contributed by atoms with Crippen LogP contribution in [0.1, 0.15) is 32.8 Å². The largest absolute Gasteiger partial charge is 0.591 e. The SMILES string of the molecule is CC(C)(C)[S+]([O-])/N=C1\CCOc2c1ccc(Br)c2F. The number of ether oxygens (including phenoxy) is 1. The first-order chi connectivity index (χ1) is 8.80. The van der Waals surface area contributed by atoms with E-state index in [1.165, 1.54) is 0 Å². The highest BCUT2D eigenvalue weighted by molar-refractivity contribution is 9.10. The van der Waals surface area contributed by atoms with Gasteiger partial charge in [0.25, 0.3) is 0 Å². The fourth-order valence-electron chi connectivity index (χ4n) is 1.62. The van der Waals surface area contributed by atoms with Crippen molar-refractivity contribution in [3.63, 3.8) is 0 Å². The highest BCUT2D eigenvalue weighted by Crippen LogP contribution is 2.33. The van der Waals surface area contributed by atoms with Gasteiger partial charge in [0.05, 0.1) is 11.1 Å². The average Bonchev–Trinajstić information content (AvgIpc) is 2.33. The topological polar surface area (TPSA) is 44.7 Å². The summed E-state index contributed by atoms with van der Waals surface area (Å²) in [6, 6.07) is 3.35. The number of hydrogen-bond acceptors (Lipinski definition) is 3. The molecule has 0 bridgehead atoms. The van der Waals surface area contributed by atoms with Crippen LogP contribution in [0.15, 0.2) is 21.0 Å². The second-order valence-corrected chi connectivity index (χ2v) is 8.00. The third kappa shape index (κ3) is 3.12. The zero-order chi connectivity index (χ0) is 14.2. The lowest BCUT2D eigenvalue weighted by atomic mass is 10.0. The van der Waals surface area contributed by atoms with Crippen LogP contribution in [0.2, 0.25) is 0 Å². The van der Waals surface area contributed by atoms with E-state index in [1.807, 2.05) is 20.8 Å². The van der Waals surface area contributed by atoms with Crippen LogP contribution in [-0.4, -0.2) is 21.6 Å². The van der Waals surface area contributed by atoms with Crippen molar-refractivity contribution in [1.82, 2.24) is 0 Å². The van der Waals surface area contributed by atoms with Crippen LogP contribution in [-0.2, 0) is 11.4 Å². The maximum Gasteiger partial charge on any atom is 0.179 e. The minimum atomic E-state index is -1.36. The average molecular weight is 348 g/mol. The molecule has 0 saturated heterocycles. The molecule has 3 nitrogen and oxygen atoms in total. The maximum absolute atomic E-state index is 13.9. The summed E-state index contributed by atoms with van der Waals surface area (Å²) >= 11 is 1.77. The van der Waals surface area contributed by atoms with Crippen molar-refractivity contribution in [2.24, 2.45) is 4.40 Å². The molecular weight excluding hydrogens is 333 g/mol. The van der Waals surface area contributed by atoms with Crippen LogP contribution < -0.4 is 4.74 Å². The predicted molar refractivity (Wildman–Crippen MR) is 78.6 cm³/mol. The molecule has 1 aliphatic heterocycles. The molecule has 1 unspecified atom stereocenters. The lowest BCUT2D eigenvalue weighted by molar-refractivity contribution is 0.302. The molecule has 1 aliphatic rings.